The summed E-state index contributed by atoms with van der Waals surface area (Å²) in [5, 5.41) is 15.4. The summed E-state index contributed by atoms with van der Waals surface area (Å²) in [6, 6.07) is 4.52. The van der Waals surface area contributed by atoms with Crippen LogP contribution >= 0.6 is 0 Å². The number of rotatable bonds is 1. The number of nitrogens with zero attached hydrogens (tertiary/aromatic N) is 3. The van der Waals surface area contributed by atoms with Gasteiger partial charge in [-0.25, -0.2) is 4.79 Å². The first-order valence-electron chi connectivity index (χ1n) is 5.64. The summed E-state index contributed by atoms with van der Waals surface area (Å²) in [6.07, 6.45) is 0.656. The number of carbonyl (C=O) groups excluding carboxylic acids is 1. The summed E-state index contributed by atoms with van der Waals surface area (Å²) in [7, 11) is 0. The van der Waals surface area contributed by atoms with Crippen LogP contribution in [0.3, 0.4) is 0 Å². The summed E-state index contributed by atoms with van der Waals surface area (Å²) >= 11 is 0. The van der Waals surface area contributed by atoms with Gasteiger partial charge in [-0.05, 0) is 20.8 Å². The number of hydrogen-bond acceptors (Lipinski definition) is 5. The van der Waals surface area contributed by atoms with Crippen molar-refractivity contribution < 1.29 is 14.5 Å². The number of ether oxygens (including phenoxy) is 1. The third kappa shape index (κ3) is 2.54. The third-order valence-electron chi connectivity index (χ3n) is 2.33. The first-order chi connectivity index (χ1) is 8.79. The molecule has 0 aliphatic heterocycles. The zero-order valence-electron chi connectivity index (χ0n) is 10.8. The van der Waals surface area contributed by atoms with Crippen molar-refractivity contribution in [1.82, 2.24) is 9.78 Å². The molecule has 0 atom stereocenters. The Kier molecular flexibility index (Phi) is 2.97. The smallest absolute Gasteiger partial charge is 0.436 e. The molecule has 19 heavy (non-hydrogen) atoms. The largest absolute Gasteiger partial charge is 0.442 e. The van der Waals surface area contributed by atoms with Crippen LogP contribution in [0, 0.1) is 10.1 Å². The summed E-state index contributed by atoms with van der Waals surface area (Å²) in [4.78, 5) is 22.4. The van der Waals surface area contributed by atoms with Crippen molar-refractivity contribution in [3.8, 4) is 0 Å². The van der Waals surface area contributed by atoms with Crippen LogP contribution in [-0.2, 0) is 4.74 Å². The Hall–Kier alpha value is -2.44. The molecule has 0 amide bonds. The molecule has 1 aromatic carbocycles. The van der Waals surface area contributed by atoms with Crippen molar-refractivity contribution in [2.75, 3.05) is 0 Å². The van der Waals surface area contributed by atoms with Crippen LogP contribution in [-0.4, -0.2) is 26.4 Å². The third-order valence-corrected chi connectivity index (χ3v) is 2.33. The van der Waals surface area contributed by atoms with Gasteiger partial charge in [0.15, 0.2) is 5.52 Å². The van der Waals surface area contributed by atoms with E-state index >= 15 is 0 Å². The highest BCUT2D eigenvalue weighted by Crippen LogP contribution is 2.25. The van der Waals surface area contributed by atoms with E-state index in [1.807, 2.05) is 0 Å². The van der Waals surface area contributed by atoms with Crippen molar-refractivity contribution in [1.29, 1.82) is 0 Å². The number of benzene rings is 1. The Bertz CT molecular complexity index is 655. The topological polar surface area (TPSA) is 87.3 Å². The molecule has 0 spiro atoms. The standard InChI is InChI=1S/C12H13N3O4/c1-12(2,3)19-11(16)14-10-8(7-13-14)5-4-6-9(10)15(17)18/h4-7H,1-3H3. The van der Waals surface area contributed by atoms with Crippen molar-refractivity contribution in [2.45, 2.75) is 26.4 Å². The minimum Gasteiger partial charge on any atom is -0.442 e. The number of fused-ring (bicyclic) bond motifs is 1. The normalized spacial score (nSPS) is 11.5. The predicted molar refractivity (Wildman–Crippen MR) is 68.0 cm³/mol. The molecule has 7 nitrogen and oxygen atoms in total. The maximum atomic E-state index is 12.0. The first kappa shape index (κ1) is 13.0. The minimum absolute atomic E-state index is 0.141. The van der Waals surface area contributed by atoms with Crippen molar-refractivity contribution in [2.24, 2.45) is 0 Å². The number of para-hydroxylation sites is 1. The second-order valence-corrected chi connectivity index (χ2v) is 5.01. The Morgan fingerprint density at radius 3 is 2.68 bits per heavy atom. The second kappa shape index (κ2) is 4.34. The molecule has 0 radical (unpaired) electrons. The molecule has 2 rings (SSSR count). The molecule has 7 heteroatoms. The van der Waals surface area contributed by atoms with Gasteiger partial charge in [0.25, 0.3) is 5.69 Å². The van der Waals surface area contributed by atoms with Crippen LogP contribution in [0.4, 0.5) is 10.5 Å². The van der Waals surface area contributed by atoms with Crippen LogP contribution in [0.5, 0.6) is 0 Å². The summed E-state index contributed by atoms with van der Waals surface area (Å²) in [5.74, 6) is 0. The fraction of sp³-hybridized carbons (Fsp3) is 0.333. The average molecular weight is 263 g/mol. The number of nitro groups is 1. The lowest BCUT2D eigenvalue weighted by Crippen LogP contribution is -2.27. The highest BCUT2D eigenvalue weighted by atomic mass is 16.6. The van der Waals surface area contributed by atoms with Gasteiger partial charge in [-0.1, -0.05) is 12.1 Å². The fourth-order valence-electron chi connectivity index (χ4n) is 1.65. The van der Waals surface area contributed by atoms with Crippen molar-refractivity contribution >= 4 is 22.7 Å². The molecule has 100 valence electrons. The molecule has 0 aliphatic rings. The van der Waals surface area contributed by atoms with Gasteiger partial charge in [0.1, 0.15) is 5.60 Å². The van der Waals surface area contributed by atoms with Gasteiger partial charge in [0.2, 0.25) is 0 Å². The van der Waals surface area contributed by atoms with E-state index in [2.05, 4.69) is 5.10 Å². The van der Waals surface area contributed by atoms with Crippen LogP contribution in [0.1, 0.15) is 20.8 Å². The van der Waals surface area contributed by atoms with Crippen LogP contribution < -0.4 is 0 Å². The molecule has 0 saturated carbocycles. The number of nitro benzene ring substituents is 1. The van der Waals surface area contributed by atoms with E-state index in [0.717, 1.165) is 4.68 Å². The SMILES string of the molecule is CC(C)(C)OC(=O)n1ncc2cccc([N+](=O)[O-])c21. The molecule has 0 aliphatic carbocycles. The van der Waals surface area contributed by atoms with E-state index in [1.54, 1.807) is 32.9 Å². The summed E-state index contributed by atoms with van der Waals surface area (Å²) in [5.41, 5.74) is -0.735. The summed E-state index contributed by atoms with van der Waals surface area (Å²) in [6.45, 7) is 5.14. The molecule has 0 bridgehead atoms. The second-order valence-electron chi connectivity index (χ2n) is 5.01. The zero-order valence-corrected chi connectivity index (χ0v) is 10.8. The van der Waals surface area contributed by atoms with E-state index in [1.165, 1.54) is 12.3 Å². The van der Waals surface area contributed by atoms with Crippen molar-refractivity contribution in [3.63, 3.8) is 0 Å². The van der Waals surface area contributed by atoms with E-state index in [0.29, 0.717) is 5.39 Å². The summed E-state index contributed by atoms with van der Waals surface area (Å²) < 4.78 is 6.08. The van der Waals surface area contributed by atoms with E-state index < -0.39 is 16.6 Å². The molecule has 1 aromatic heterocycles. The molecule has 0 unspecified atom stereocenters. The van der Waals surface area contributed by atoms with E-state index in [9.17, 15) is 14.9 Å². The maximum Gasteiger partial charge on any atom is 0.436 e. The van der Waals surface area contributed by atoms with Gasteiger partial charge in [-0.3, -0.25) is 10.1 Å². The number of non-ortho nitro benzene ring substituents is 1. The van der Waals surface area contributed by atoms with Crippen molar-refractivity contribution in [3.05, 3.63) is 34.5 Å². The van der Waals surface area contributed by atoms with E-state index in [-0.39, 0.29) is 11.2 Å². The molecule has 0 N–H and O–H groups in total. The molecular weight excluding hydrogens is 250 g/mol. The highest BCUT2D eigenvalue weighted by molar-refractivity contribution is 5.93. The van der Waals surface area contributed by atoms with Gasteiger partial charge in [-0.15, -0.1) is 0 Å². The molecular formula is C12H13N3O4. The lowest BCUT2D eigenvalue weighted by Gasteiger charge is -2.19. The number of hydrogen-bond donors (Lipinski definition) is 0. The maximum absolute atomic E-state index is 12.0. The van der Waals surface area contributed by atoms with Gasteiger partial charge in [-0.2, -0.15) is 9.78 Å². The van der Waals surface area contributed by atoms with Gasteiger partial charge < -0.3 is 4.74 Å². The first-order valence-corrected chi connectivity index (χ1v) is 5.64. The number of carbonyl (C=O) groups is 1. The van der Waals surface area contributed by atoms with Crippen LogP contribution in [0.2, 0.25) is 0 Å². The molecule has 1 heterocycles. The van der Waals surface area contributed by atoms with Crippen LogP contribution in [0.15, 0.2) is 24.4 Å². The van der Waals surface area contributed by atoms with Gasteiger partial charge >= 0.3 is 6.09 Å². The van der Waals surface area contributed by atoms with Gasteiger partial charge in [0, 0.05) is 11.5 Å². The lowest BCUT2D eigenvalue weighted by molar-refractivity contribution is -0.383. The molecule has 0 saturated heterocycles. The monoisotopic (exact) mass is 263 g/mol. The predicted octanol–water partition coefficient (Wildman–Crippen LogP) is 2.73. The quantitative estimate of drug-likeness (QED) is 0.583. The lowest BCUT2D eigenvalue weighted by atomic mass is 10.2. The molecule has 0 fully saturated rings. The van der Waals surface area contributed by atoms with E-state index in [4.69, 9.17) is 4.74 Å². The Morgan fingerprint density at radius 2 is 2.11 bits per heavy atom. The van der Waals surface area contributed by atoms with Crippen LogP contribution in [0.25, 0.3) is 10.9 Å². The minimum atomic E-state index is -0.739. The fourth-order valence-corrected chi connectivity index (χ4v) is 1.65. The van der Waals surface area contributed by atoms with Gasteiger partial charge in [0.05, 0.1) is 11.1 Å². The highest BCUT2D eigenvalue weighted by Gasteiger charge is 2.24. The zero-order chi connectivity index (χ0) is 14.2. The Morgan fingerprint density at radius 1 is 1.42 bits per heavy atom. The number of aromatic nitrogens is 2. The average Bonchev–Trinajstić information content (AvgIpc) is 2.69. The molecule has 2 aromatic rings. The Balaban J connectivity index is 2.56. The Labute approximate surface area is 108 Å².